The van der Waals surface area contributed by atoms with Gasteiger partial charge in [0.15, 0.2) is 0 Å². The summed E-state index contributed by atoms with van der Waals surface area (Å²) in [5, 5.41) is 1.14. The van der Waals surface area contributed by atoms with Crippen LogP contribution in [-0.4, -0.2) is 18.5 Å². The maximum atomic E-state index is 5.83. The molecule has 2 bridgehead atoms. The topological polar surface area (TPSA) is 9.23 Å². The first-order chi connectivity index (χ1) is 7.14. The van der Waals surface area contributed by atoms with Gasteiger partial charge in [0.1, 0.15) is 0 Å². The molecule has 1 heterocycles. The predicted molar refractivity (Wildman–Crippen MR) is 67.3 cm³/mol. The van der Waals surface area contributed by atoms with Crippen molar-refractivity contribution in [2.24, 2.45) is 23.2 Å². The van der Waals surface area contributed by atoms with Crippen molar-refractivity contribution in [3.05, 3.63) is 0 Å². The van der Waals surface area contributed by atoms with Crippen molar-refractivity contribution in [1.29, 1.82) is 0 Å². The highest BCUT2D eigenvalue weighted by Crippen LogP contribution is 2.45. The van der Waals surface area contributed by atoms with Crippen molar-refractivity contribution in [1.82, 2.24) is 0 Å². The van der Waals surface area contributed by atoms with Crippen molar-refractivity contribution in [3.8, 4) is 0 Å². The molecule has 0 N–H and O–H groups in total. The lowest BCUT2D eigenvalue weighted by Crippen LogP contribution is -2.36. The molecule has 0 aromatic heterocycles. The number of alkyl halides is 1. The smallest absolute Gasteiger partial charge is 0.0520 e. The van der Waals surface area contributed by atoms with Crippen LogP contribution >= 0.6 is 15.9 Å². The van der Waals surface area contributed by atoms with E-state index < -0.39 is 0 Å². The molecule has 1 nitrogen and oxygen atoms in total. The lowest BCUT2D eigenvalue weighted by Gasteiger charge is -2.39. The number of halogens is 1. The minimum atomic E-state index is 0.490. The van der Waals surface area contributed by atoms with Crippen LogP contribution in [0.4, 0.5) is 0 Å². The van der Waals surface area contributed by atoms with Gasteiger partial charge in [0, 0.05) is 11.9 Å². The van der Waals surface area contributed by atoms with E-state index in [0.717, 1.165) is 36.3 Å². The van der Waals surface area contributed by atoms with Gasteiger partial charge >= 0.3 is 0 Å². The molecule has 0 radical (unpaired) electrons. The molecule has 1 aliphatic heterocycles. The minimum absolute atomic E-state index is 0.490. The van der Waals surface area contributed by atoms with E-state index >= 15 is 0 Å². The number of rotatable bonds is 2. The molecule has 0 aromatic carbocycles. The van der Waals surface area contributed by atoms with E-state index in [-0.39, 0.29) is 0 Å². The second-order valence-electron chi connectivity index (χ2n) is 5.98. The van der Waals surface area contributed by atoms with Crippen LogP contribution in [0.25, 0.3) is 0 Å². The van der Waals surface area contributed by atoms with E-state index in [1.54, 1.807) is 0 Å². The van der Waals surface area contributed by atoms with E-state index in [1.807, 2.05) is 0 Å². The van der Waals surface area contributed by atoms with Crippen LogP contribution < -0.4 is 0 Å². The Bertz CT molecular complexity index is 219. The fourth-order valence-electron chi connectivity index (χ4n) is 3.52. The zero-order valence-corrected chi connectivity index (χ0v) is 11.6. The van der Waals surface area contributed by atoms with Crippen molar-refractivity contribution in [3.63, 3.8) is 0 Å². The number of hydrogen-bond acceptors (Lipinski definition) is 1. The van der Waals surface area contributed by atoms with Crippen LogP contribution in [0.1, 0.15) is 39.5 Å². The molecule has 4 atom stereocenters. The number of fused-ring (bicyclic) bond motifs is 2. The van der Waals surface area contributed by atoms with E-state index in [0.29, 0.717) is 5.41 Å². The van der Waals surface area contributed by atoms with Crippen LogP contribution in [-0.2, 0) is 4.74 Å². The zero-order valence-electron chi connectivity index (χ0n) is 9.97. The summed E-state index contributed by atoms with van der Waals surface area (Å²) in [4.78, 5) is 0. The Morgan fingerprint density at radius 3 is 3.07 bits per heavy atom. The van der Waals surface area contributed by atoms with Crippen LogP contribution in [0.2, 0.25) is 0 Å². The molecule has 2 aliphatic rings. The first-order valence-corrected chi connectivity index (χ1v) is 7.40. The van der Waals surface area contributed by atoms with Crippen molar-refractivity contribution < 1.29 is 4.74 Å². The molecule has 2 fully saturated rings. The Labute approximate surface area is 102 Å². The van der Waals surface area contributed by atoms with Gasteiger partial charge in [-0.3, -0.25) is 0 Å². The van der Waals surface area contributed by atoms with E-state index in [9.17, 15) is 0 Å². The molecule has 2 heteroatoms. The highest BCUT2D eigenvalue weighted by Gasteiger charge is 2.40. The molecule has 1 saturated heterocycles. The molecule has 1 aliphatic carbocycles. The van der Waals surface area contributed by atoms with E-state index in [4.69, 9.17) is 4.74 Å². The van der Waals surface area contributed by atoms with E-state index in [1.165, 1.54) is 25.7 Å². The SMILES string of the molecule is CC(CBr)C1CCCC2(C)COCC1C2. The normalized spacial score (nSPS) is 43.4. The van der Waals surface area contributed by atoms with Gasteiger partial charge in [0.25, 0.3) is 0 Å². The third-order valence-electron chi connectivity index (χ3n) is 4.44. The number of ether oxygens (including phenoxy) is 1. The van der Waals surface area contributed by atoms with Gasteiger partial charge in [-0.1, -0.05) is 36.2 Å². The molecule has 0 aromatic rings. The summed E-state index contributed by atoms with van der Waals surface area (Å²) in [7, 11) is 0. The van der Waals surface area contributed by atoms with Gasteiger partial charge in [0.2, 0.25) is 0 Å². The monoisotopic (exact) mass is 274 g/mol. The van der Waals surface area contributed by atoms with Crippen molar-refractivity contribution in [2.75, 3.05) is 18.5 Å². The molecule has 1 saturated carbocycles. The summed E-state index contributed by atoms with van der Waals surface area (Å²) < 4.78 is 5.83. The lowest BCUT2D eigenvalue weighted by molar-refractivity contribution is -0.0477. The summed E-state index contributed by atoms with van der Waals surface area (Å²) in [6, 6.07) is 0. The first kappa shape index (κ1) is 11.9. The Morgan fingerprint density at radius 2 is 2.33 bits per heavy atom. The fraction of sp³-hybridized carbons (Fsp3) is 1.00. The molecule has 88 valence electrons. The Morgan fingerprint density at radius 1 is 1.53 bits per heavy atom. The maximum Gasteiger partial charge on any atom is 0.0520 e. The first-order valence-electron chi connectivity index (χ1n) is 6.28. The third-order valence-corrected chi connectivity index (χ3v) is 5.46. The third kappa shape index (κ3) is 2.58. The predicted octanol–water partition coefficient (Wildman–Crippen LogP) is 3.86. The summed E-state index contributed by atoms with van der Waals surface area (Å²) in [5.41, 5.74) is 0.490. The molecule has 2 rings (SSSR count). The van der Waals surface area contributed by atoms with Gasteiger partial charge in [-0.15, -0.1) is 0 Å². The summed E-state index contributed by atoms with van der Waals surface area (Å²) >= 11 is 3.64. The maximum absolute atomic E-state index is 5.83. The second kappa shape index (κ2) is 4.75. The molecule has 0 amide bonds. The van der Waals surface area contributed by atoms with Gasteiger partial charge in [-0.2, -0.15) is 0 Å². The standard InChI is InChI=1S/C13H23BrO/c1-10(7-14)12-4-3-5-13(2)6-11(12)8-15-9-13/h10-12H,3-9H2,1-2H3. The molecule has 15 heavy (non-hydrogen) atoms. The summed E-state index contributed by atoms with van der Waals surface area (Å²) in [6.07, 6.45) is 5.58. The van der Waals surface area contributed by atoms with Gasteiger partial charge < -0.3 is 4.74 Å². The summed E-state index contributed by atoms with van der Waals surface area (Å²) in [5.74, 6) is 2.50. The average Bonchev–Trinajstić information content (AvgIpc) is 2.33. The second-order valence-corrected chi connectivity index (χ2v) is 6.63. The Kier molecular flexibility index (Phi) is 3.77. The van der Waals surface area contributed by atoms with Crippen LogP contribution in [0, 0.1) is 23.2 Å². The van der Waals surface area contributed by atoms with Crippen LogP contribution in [0.15, 0.2) is 0 Å². The van der Waals surface area contributed by atoms with Gasteiger partial charge in [-0.25, -0.2) is 0 Å². The van der Waals surface area contributed by atoms with Crippen LogP contribution in [0.5, 0.6) is 0 Å². The highest BCUT2D eigenvalue weighted by atomic mass is 79.9. The zero-order chi connectivity index (χ0) is 10.9. The molecular formula is C13H23BrO. The lowest BCUT2D eigenvalue weighted by atomic mass is 9.74. The Hall–Kier alpha value is 0.440. The quantitative estimate of drug-likeness (QED) is 0.695. The summed E-state index contributed by atoms with van der Waals surface area (Å²) in [6.45, 7) is 6.81. The molecule has 4 unspecified atom stereocenters. The van der Waals surface area contributed by atoms with E-state index in [2.05, 4.69) is 29.8 Å². The van der Waals surface area contributed by atoms with Gasteiger partial charge in [0.05, 0.1) is 6.61 Å². The van der Waals surface area contributed by atoms with Crippen molar-refractivity contribution in [2.45, 2.75) is 39.5 Å². The van der Waals surface area contributed by atoms with Gasteiger partial charge in [-0.05, 0) is 42.4 Å². The van der Waals surface area contributed by atoms with Crippen LogP contribution in [0.3, 0.4) is 0 Å². The largest absolute Gasteiger partial charge is 0.381 e. The Balaban J connectivity index is 2.08. The minimum Gasteiger partial charge on any atom is -0.381 e. The molecule has 0 spiro atoms. The average molecular weight is 275 g/mol. The number of hydrogen-bond donors (Lipinski definition) is 0. The van der Waals surface area contributed by atoms with Crippen molar-refractivity contribution >= 4 is 15.9 Å². The highest BCUT2D eigenvalue weighted by molar-refractivity contribution is 9.09. The molecular weight excluding hydrogens is 252 g/mol. The fourth-order valence-corrected chi connectivity index (χ4v) is 4.00.